The average Bonchev–Trinajstić information content (AvgIpc) is 2.40. The number of amides is 1. The van der Waals surface area contributed by atoms with Gasteiger partial charge in [0.2, 0.25) is 0 Å². The van der Waals surface area contributed by atoms with Crippen LogP contribution in [0.5, 0.6) is 0 Å². The van der Waals surface area contributed by atoms with E-state index in [2.05, 4.69) is 10.3 Å². The Morgan fingerprint density at radius 3 is 2.55 bits per heavy atom. The summed E-state index contributed by atoms with van der Waals surface area (Å²) in [4.78, 5) is 18.5. The molecule has 1 aromatic rings. The lowest BCUT2D eigenvalue weighted by Crippen LogP contribution is -2.35. The summed E-state index contributed by atoms with van der Waals surface area (Å²) in [5.41, 5.74) is 0.391. The quantitative estimate of drug-likeness (QED) is 0.659. The van der Waals surface area contributed by atoms with Gasteiger partial charge in [0.1, 0.15) is 0 Å². The van der Waals surface area contributed by atoms with Gasteiger partial charge in [-0.1, -0.05) is 23.2 Å². The molecule has 0 aliphatic rings. The SMILES string of the molecule is CC(C)OC(=NCCN(C)C)NC(=O)c1ccc(Cl)c(Cl)c1. The van der Waals surface area contributed by atoms with Gasteiger partial charge < -0.3 is 9.64 Å². The molecule has 0 saturated heterocycles. The van der Waals surface area contributed by atoms with Gasteiger partial charge in [-0.05, 0) is 46.1 Å². The predicted octanol–water partition coefficient (Wildman–Crippen LogP) is 3.07. The highest BCUT2D eigenvalue weighted by Crippen LogP contribution is 2.22. The maximum Gasteiger partial charge on any atom is 0.291 e. The Bertz CT molecular complexity index is 546. The van der Waals surface area contributed by atoms with Crippen molar-refractivity contribution < 1.29 is 9.53 Å². The molecule has 0 saturated carbocycles. The summed E-state index contributed by atoms with van der Waals surface area (Å²) < 4.78 is 5.52. The van der Waals surface area contributed by atoms with Crippen molar-refractivity contribution in [3.05, 3.63) is 33.8 Å². The summed E-state index contributed by atoms with van der Waals surface area (Å²) in [6, 6.07) is 4.88. The molecule has 0 fully saturated rings. The first kappa shape index (κ1) is 18.7. The van der Waals surface area contributed by atoms with Gasteiger partial charge in [0, 0.05) is 12.1 Å². The highest BCUT2D eigenvalue weighted by molar-refractivity contribution is 6.42. The summed E-state index contributed by atoms with van der Waals surface area (Å²) in [5, 5.41) is 3.38. The molecule has 1 aromatic carbocycles. The fourth-order valence-electron chi connectivity index (χ4n) is 1.49. The number of carbonyl (C=O) groups is 1. The second-order valence-corrected chi connectivity index (χ2v) is 6.05. The molecule has 0 radical (unpaired) electrons. The molecule has 1 rings (SSSR count). The Kier molecular flexibility index (Phi) is 7.65. The molecule has 0 aromatic heterocycles. The number of halogens is 2. The van der Waals surface area contributed by atoms with Crippen molar-refractivity contribution in [2.75, 3.05) is 27.2 Å². The van der Waals surface area contributed by atoms with Crippen LogP contribution in [0.15, 0.2) is 23.2 Å². The Morgan fingerprint density at radius 1 is 1.32 bits per heavy atom. The highest BCUT2D eigenvalue weighted by Gasteiger charge is 2.12. The second-order valence-electron chi connectivity index (χ2n) is 5.24. The van der Waals surface area contributed by atoms with Crippen molar-refractivity contribution in [3.8, 4) is 0 Å². The van der Waals surface area contributed by atoms with Crippen molar-refractivity contribution in [2.24, 2.45) is 4.99 Å². The topological polar surface area (TPSA) is 53.9 Å². The third-order valence-electron chi connectivity index (χ3n) is 2.55. The summed E-state index contributed by atoms with van der Waals surface area (Å²) >= 11 is 11.8. The van der Waals surface area contributed by atoms with Crippen LogP contribution < -0.4 is 5.32 Å². The van der Waals surface area contributed by atoms with E-state index in [1.807, 2.05) is 32.8 Å². The van der Waals surface area contributed by atoms with Crippen molar-refractivity contribution in [2.45, 2.75) is 20.0 Å². The molecule has 0 aliphatic carbocycles. The zero-order chi connectivity index (χ0) is 16.7. The lowest BCUT2D eigenvalue weighted by atomic mass is 10.2. The molecular formula is C15H21Cl2N3O2. The van der Waals surface area contributed by atoms with Gasteiger partial charge in [-0.3, -0.25) is 10.1 Å². The van der Waals surface area contributed by atoms with E-state index >= 15 is 0 Å². The molecule has 1 N–H and O–H groups in total. The van der Waals surface area contributed by atoms with Crippen LogP contribution in [-0.4, -0.2) is 50.1 Å². The minimum Gasteiger partial charge on any atom is -0.462 e. The van der Waals surface area contributed by atoms with Crippen LogP contribution in [0.1, 0.15) is 24.2 Å². The number of carbonyl (C=O) groups excluding carboxylic acids is 1. The molecular weight excluding hydrogens is 325 g/mol. The normalized spacial score (nSPS) is 11.9. The maximum absolute atomic E-state index is 12.2. The molecule has 0 atom stereocenters. The number of rotatable bonds is 5. The van der Waals surface area contributed by atoms with Crippen molar-refractivity contribution in [1.82, 2.24) is 10.2 Å². The third-order valence-corrected chi connectivity index (χ3v) is 3.29. The molecule has 7 heteroatoms. The maximum atomic E-state index is 12.2. The molecule has 0 heterocycles. The molecule has 0 aliphatic heterocycles. The van der Waals surface area contributed by atoms with Crippen LogP contribution in [0.3, 0.4) is 0 Å². The van der Waals surface area contributed by atoms with Crippen molar-refractivity contribution >= 4 is 35.1 Å². The molecule has 0 bridgehead atoms. The van der Waals surface area contributed by atoms with Crippen LogP contribution in [0.4, 0.5) is 0 Å². The lowest BCUT2D eigenvalue weighted by Gasteiger charge is -2.14. The standard InChI is InChI=1S/C15H21Cl2N3O2/c1-10(2)22-15(18-7-8-20(3)4)19-14(21)11-5-6-12(16)13(17)9-11/h5-6,9-10H,7-8H2,1-4H3,(H,18,19,21). The van der Waals surface area contributed by atoms with E-state index in [0.29, 0.717) is 22.2 Å². The monoisotopic (exact) mass is 345 g/mol. The largest absolute Gasteiger partial charge is 0.462 e. The summed E-state index contributed by atoms with van der Waals surface area (Å²) in [5.74, 6) is -0.345. The number of hydrogen-bond acceptors (Lipinski definition) is 4. The zero-order valence-corrected chi connectivity index (χ0v) is 14.7. The highest BCUT2D eigenvalue weighted by atomic mass is 35.5. The number of nitrogens with zero attached hydrogens (tertiary/aromatic N) is 2. The number of ether oxygens (including phenoxy) is 1. The average molecular weight is 346 g/mol. The van der Waals surface area contributed by atoms with E-state index < -0.39 is 0 Å². The van der Waals surface area contributed by atoms with Gasteiger partial charge in [-0.2, -0.15) is 0 Å². The number of benzene rings is 1. The minimum atomic E-state index is -0.345. The second kappa shape index (κ2) is 8.98. The zero-order valence-electron chi connectivity index (χ0n) is 13.2. The first-order chi connectivity index (χ1) is 10.3. The Hall–Kier alpha value is -1.30. The van der Waals surface area contributed by atoms with Gasteiger partial charge in [0.05, 0.1) is 22.7 Å². The number of hydrogen-bond donors (Lipinski definition) is 1. The lowest BCUT2D eigenvalue weighted by molar-refractivity contribution is 0.0959. The predicted molar refractivity (Wildman–Crippen MR) is 91.0 cm³/mol. The van der Waals surface area contributed by atoms with Crippen LogP contribution in [0.25, 0.3) is 0 Å². The van der Waals surface area contributed by atoms with E-state index in [-0.39, 0.29) is 18.0 Å². The number of aliphatic imine (C=N–C) groups is 1. The molecule has 122 valence electrons. The van der Waals surface area contributed by atoms with Crippen LogP contribution in [0, 0.1) is 0 Å². The van der Waals surface area contributed by atoms with Crippen molar-refractivity contribution in [1.29, 1.82) is 0 Å². The fraction of sp³-hybridized carbons (Fsp3) is 0.467. The van der Waals surface area contributed by atoms with E-state index in [0.717, 1.165) is 6.54 Å². The van der Waals surface area contributed by atoms with Crippen molar-refractivity contribution in [3.63, 3.8) is 0 Å². The minimum absolute atomic E-state index is 0.0905. The first-order valence-electron chi connectivity index (χ1n) is 6.92. The Morgan fingerprint density at radius 2 is 2.00 bits per heavy atom. The van der Waals surface area contributed by atoms with Gasteiger partial charge >= 0.3 is 0 Å². The van der Waals surface area contributed by atoms with E-state index in [9.17, 15) is 4.79 Å². The summed E-state index contributed by atoms with van der Waals surface area (Å²) in [6.07, 6.45) is -0.0905. The number of likely N-dealkylation sites (N-methyl/N-ethyl adjacent to an activating group) is 1. The molecule has 0 spiro atoms. The number of amidine groups is 1. The van der Waals surface area contributed by atoms with E-state index in [4.69, 9.17) is 27.9 Å². The number of nitrogens with one attached hydrogen (secondary N) is 1. The fourth-order valence-corrected chi connectivity index (χ4v) is 1.79. The summed E-state index contributed by atoms with van der Waals surface area (Å²) in [6.45, 7) is 5.02. The van der Waals surface area contributed by atoms with Crippen LogP contribution in [-0.2, 0) is 4.74 Å². The molecule has 0 unspecified atom stereocenters. The Labute approximate surface area is 141 Å². The van der Waals surface area contributed by atoms with Crippen LogP contribution >= 0.6 is 23.2 Å². The first-order valence-corrected chi connectivity index (χ1v) is 7.67. The Balaban J connectivity index is 2.78. The molecule has 5 nitrogen and oxygen atoms in total. The van der Waals surface area contributed by atoms with E-state index in [1.165, 1.54) is 6.07 Å². The smallest absolute Gasteiger partial charge is 0.291 e. The van der Waals surface area contributed by atoms with Gasteiger partial charge in [0.15, 0.2) is 0 Å². The van der Waals surface area contributed by atoms with Gasteiger partial charge in [-0.25, -0.2) is 4.99 Å². The summed E-state index contributed by atoms with van der Waals surface area (Å²) in [7, 11) is 3.90. The van der Waals surface area contributed by atoms with E-state index in [1.54, 1.807) is 12.1 Å². The molecule has 22 heavy (non-hydrogen) atoms. The van der Waals surface area contributed by atoms with Crippen LogP contribution in [0.2, 0.25) is 10.0 Å². The molecule has 1 amide bonds. The third kappa shape index (κ3) is 6.64. The van der Waals surface area contributed by atoms with Gasteiger partial charge in [0.25, 0.3) is 11.9 Å². The van der Waals surface area contributed by atoms with Gasteiger partial charge in [-0.15, -0.1) is 0 Å².